The number of carbonyl (C=O) groups excluding carboxylic acids is 1. The van der Waals surface area contributed by atoms with Gasteiger partial charge in [-0.25, -0.2) is 8.78 Å². The molecule has 1 aliphatic heterocycles. The van der Waals surface area contributed by atoms with Gasteiger partial charge in [0.25, 0.3) is 5.91 Å². The number of nitrogen functional groups attached to an aromatic ring is 1. The second-order valence-electron chi connectivity index (χ2n) is 9.34. The van der Waals surface area contributed by atoms with Gasteiger partial charge < -0.3 is 16.2 Å². The van der Waals surface area contributed by atoms with Crippen LogP contribution in [-0.4, -0.2) is 41.0 Å². The highest BCUT2D eigenvalue weighted by Gasteiger charge is 2.53. The molecule has 0 unspecified atom stereocenters. The van der Waals surface area contributed by atoms with Crippen molar-refractivity contribution in [2.75, 3.05) is 18.8 Å². The molecule has 2 fully saturated rings. The van der Waals surface area contributed by atoms with Gasteiger partial charge in [0.05, 0.1) is 0 Å². The molecule has 1 aliphatic carbocycles. The highest BCUT2D eigenvalue weighted by molar-refractivity contribution is 6.30. The van der Waals surface area contributed by atoms with Crippen LogP contribution in [0.5, 0.6) is 0 Å². The monoisotopic (exact) mass is 477 g/mol. The summed E-state index contributed by atoms with van der Waals surface area (Å²) in [6, 6.07) is 13.8. The minimum Gasteiger partial charge on any atom is -0.399 e. The lowest BCUT2D eigenvalue weighted by Gasteiger charge is -2.37. The lowest BCUT2D eigenvalue weighted by Crippen LogP contribution is -2.54. The zero-order valence-corrected chi connectivity index (χ0v) is 19.2. The minimum atomic E-state index is -2.86. The van der Waals surface area contributed by atoms with E-state index in [0.717, 1.165) is 18.7 Å². The number of nitrogens with two attached hydrogens (primary N) is 1. The number of alkyl halides is 2. The van der Waals surface area contributed by atoms with Crippen LogP contribution >= 0.6 is 11.6 Å². The Labute approximate surface area is 197 Å². The summed E-state index contributed by atoms with van der Waals surface area (Å²) in [6.45, 7) is 2.21. The lowest BCUT2D eigenvalue weighted by atomic mass is 9.79. The van der Waals surface area contributed by atoms with Crippen molar-refractivity contribution < 1.29 is 18.7 Å². The topological polar surface area (TPSA) is 78.6 Å². The minimum absolute atomic E-state index is 0.104. The Bertz CT molecular complexity index is 963. The van der Waals surface area contributed by atoms with Crippen molar-refractivity contribution in [3.8, 4) is 0 Å². The lowest BCUT2D eigenvalue weighted by molar-refractivity contribution is -0.149. The van der Waals surface area contributed by atoms with Gasteiger partial charge >= 0.3 is 0 Å². The quantitative estimate of drug-likeness (QED) is 0.541. The molecule has 178 valence electrons. The van der Waals surface area contributed by atoms with Gasteiger partial charge in [0.2, 0.25) is 5.92 Å². The maximum atomic E-state index is 14.0. The number of rotatable bonds is 6. The molecule has 8 heteroatoms. The summed E-state index contributed by atoms with van der Waals surface area (Å²) < 4.78 is 27.9. The summed E-state index contributed by atoms with van der Waals surface area (Å²) in [5, 5.41) is 15.1. The predicted octanol–water partition coefficient (Wildman–Crippen LogP) is 4.33. The highest BCUT2D eigenvalue weighted by Crippen LogP contribution is 2.47. The average Bonchev–Trinajstić information content (AvgIpc) is 3.14. The molecular formula is C25H30ClF2N3O2. The molecule has 0 radical (unpaired) electrons. The molecule has 1 heterocycles. The molecule has 0 aromatic heterocycles. The summed E-state index contributed by atoms with van der Waals surface area (Å²) >= 11 is 6.10. The van der Waals surface area contributed by atoms with Gasteiger partial charge in [-0.3, -0.25) is 9.69 Å². The van der Waals surface area contributed by atoms with Crippen molar-refractivity contribution in [3.05, 3.63) is 64.7 Å². The van der Waals surface area contributed by atoms with Crippen LogP contribution in [0.25, 0.3) is 0 Å². The van der Waals surface area contributed by atoms with Crippen LogP contribution in [0.4, 0.5) is 14.5 Å². The molecule has 4 N–H and O–H groups in total. The number of hydrogen-bond acceptors (Lipinski definition) is 4. The fourth-order valence-electron chi connectivity index (χ4n) is 5.11. The first-order valence-corrected chi connectivity index (χ1v) is 11.8. The Morgan fingerprint density at radius 3 is 2.48 bits per heavy atom. The normalized spacial score (nSPS) is 23.2. The van der Waals surface area contributed by atoms with Gasteiger partial charge in [-0.2, -0.15) is 0 Å². The number of amides is 1. The van der Waals surface area contributed by atoms with Crippen molar-refractivity contribution in [1.82, 2.24) is 10.2 Å². The Kier molecular flexibility index (Phi) is 6.93. The number of hydrogen-bond donors (Lipinski definition) is 3. The summed E-state index contributed by atoms with van der Waals surface area (Å²) in [5.74, 6) is -4.27. The van der Waals surface area contributed by atoms with Crippen LogP contribution in [0, 0.1) is 5.92 Å². The van der Waals surface area contributed by atoms with Gasteiger partial charge in [-0.05, 0) is 48.6 Å². The summed E-state index contributed by atoms with van der Waals surface area (Å²) in [6.07, 6.45) is 0.702. The van der Waals surface area contributed by atoms with Crippen molar-refractivity contribution in [3.63, 3.8) is 0 Å². The molecule has 1 saturated heterocycles. The zero-order valence-electron chi connectivity index (χ0n) is 18.4. The van der Waals surface area contributed by atoms with Crippen LogP contribution in [0.2, 0.25) is 5.02 Å². The number of carbonyl (C=O) groups is 1. The molecule has 2 aromatic rings. The molecule has 2 aromatic carbocycles. The third-order valence-corrected chi connectivity index (χ3v) is 7.08. The fourth-order valence-corrected chi connectivity index (χ4v) is 5.37. The van der Waals surface area contributed by atoms with Gasteiger partial charge in [0, 0.05) is 55.1 Å². The maximum absolute atomic E-state index is 14.0. The highest BCUT2D eigenvalue weighted by atomic mass is 35.5. The molecule has 2 atom stereocenters. The van der Waals surface area contributed by atoms with E-state index in [2.05, 4.69) is 10.2 Å². The standard InChI is InChI=1S/C25H30ClF2N3O2/c26-20-12-17(13-21(29)14-20)16-31-10-7-22(8-11-31)30-23(32)25(33,18-4-2-1-3-5-18)19-6-9-24(27,28)15-19/h1-5,12-14,19,22,33H,6-11,15-16,29H2,(H,30,32)/t19-,25+/m1/s1. The van der Waals surface area contributed by atoms with E-state index in [1.54, 1.807) is 36.4 Å². The van der Waals surface area contributed by atoms with E-state index in [-0.39, 0.29) is 18.9 Å². The van der Waals surface area contributed by atoms with Crippen LogP contribution < -0.4 is 11.1 Å². The first-order valence-electron chi connectivity index (χ1n) is 11.4. The average molecular weight is 478 g/mol. The zero-order chi connectivity index (χ0) is 23.6. The van der Waals surface area contributed by atoms with E-state index in [1.165, 1.54) is 0 Å². The molecule has 2 aliphatic rings. The van der Waals surface area contributed by atoms with Gasteiger partial charge in [0.15, 0.2) is 5.60 Å². The molecule has 33 heavy (non-hydrogen) atoms. The Balaban J connectivity index is 1.41. The number of nitrogens with zero attached hydrogens (tertiary/aromatic N) is 1. The Morgan fingerprint density at radius 1 is 1.18 bits per heavy atom. The second kappa shape index (κ2) is 9.57. The SMILES string of the molecule is Nc1cc(Cl)cc(CN2CCC(NC(=O)[C@](O)(c3ccccc3)[C@@H]3CCC(F)(F)C3)CC2)c1. The number of likely N-dealkylation sites (tertiary alicyclic amines) is 1. The van der Waals surface area contributed by atoms with Crippen LogP contribution in [-0.2, 0) is 16.9 Å². The number of aliphatic hydroxyl groups is 1. The van der Waals surface area contributed by atoms with Crippen molar-refractivity contribution in [2.45, 2.75) is 56.2 Å². The third-order valence-electron chi connectivity index (χ3n) is 6.86. The van der Waals surface area contributed by atoms with Gasteiger partial charge in [0.1, 0.15) is 0 Å². The molecular weight excluding hydrogens is 448 g/mol. The van der Waals surface area contributed by atoms with E-state index >= 15 is 0 Å². The summed E-state index contributed by atoms with van der Waals surface area (Å²) in [4.78, 5) is 15.6. The van der Waals surface area contributed by atoms with E-state index in [9.17, 15) is 18.7 Å². The fraction of sp³-hybridized carbons (Fsp3) is 0.480. The van der Waals surface area contributed by atoms with E-state index in [1.807, 2.05) is 12.1 Å². The van der Waals surface area contributed by atoms with Crippen molar-refractivity contribution in [1.29, 1.82) is 0 Å². The molecule has 1 saturated carbocycles. The van der Waals surface area contributed by atoms with Crippen LogP contribution in [0.3, 0.4) is 0 Å². The third kappa shape index (κ3) is 5.48. The second-order valence-corrected chi connectivity index (χ2v) is 9.78. The van der Waals surface area contributed by atoms with Crippen molar-refractivity contribution in [2.24, 2.45) is 5.92 Å². The first kappa shape index (κ1) is 23.9. The number of nitrogens with one attached hydrogen (secondary N) is 1. The largest absolute Gasteiger partial charge is 0.399 e. The first-order chi connectivity index (χ1) is 15.7. The number of benzene rings is 2. The number of piperidine rings is 1. The number of anilines is 1. The van der Waals surface area contributed by atoms with E-state index < -0.39 is 29.8 Å². The van der Waals surface area contributed by atoms with E-state index in [0.29, 0.717) is 35.7 Å². The smallest absolute Gasteiger partial charge is 0.257 e. The van der Waals surface area contributed by atoms with Gasteiger partial charge in [-0.1, -0.05) is 41.9 Å². The van der Waals surface area contributed by atoms with Crippen LogP contribution in [0.15, 0.2) is 48.5 Å². The molecule has 5 nitrogen and oxygen atoms in total. The maximum Gasteiger partial charge on any atom is 0.257 e. The Hall–Kier alpha value is -2.22. The summed E-state index contributed by atoms with van der Waals surface area (Å²) in [5.41, 5.74) is 5.92. The van der Waals surface area contributed by atoms with Gasteiger partial charge in [-0.15, -0.1) is 0 Å². The van der Waals surface area contributed by atoms with Crippen molar-refractivity contribution >= 4 is 23.2 Å². The summed E-state index contributed by atoms with van der Waals surface area (Å²) in [7, 11) is 0. The molecule has 1 amide bonds. The molecule has 4 rings (SSSR count). The Morgan fingerprint density at radius 2 is 1.88 bits per heavy atom. The molecule has 0 bridgehead atoms. The molecule has 0 spiro atoms. The number of halogens is 3. The van der Waals surface area contributed by atoms with E-state index in [4.69, 9.17) is 17.3 Å². The predicted molar refractivity (Wildman–Crippen MR) is 125 cm³/mol. The van der Waals surface area contributed by atoms with Crippen LogP contribution in [0.1, 0.15) is 43.2 Å².